The van der Waals surface area contributed by atoms with Crippen LogP contribution in [0.5, 0.6) is 0 Å². The van der Waals surface area contributed by atoms with Crippen LogP contribution in [0.3, 0.4) is 0 Å². The van der Waals surface area contributed by atoms with Gasteiger partial charge < -0.3 is 10.0 Å². The Bertz CT molecular complexity index is 535. The largest absolute Gasteiger partial charge is 0.481 e. The number of carbonyl (C=O) groups excluding carboxylic acids is 1. The number of hydrogen-bond acceptors (Lipinski definition) is 3. The lowest BCUT2D eigenvalue weighted by Gasteiger charge is -2.24. The number of carbonyl (C=O) groups is 2. The molecule has 1 saturated heterocycles. The van der Waals surface area contributed by atoms with E-state index in [0.717, 1.165) is 6.42 Å². The van der Waals surface area contributed by atoms with E-state index in [-0.39, 0.29) is 12.1 Å². The van der Waals surface area contributed by atoms with Crippen molar-refractivity contribution < 1.29 is 19.1 Å². The summed E-state index contributed by atoms with van der Waals surface area (Å²) in [5.41, 5.74) is -1.01. The molecule has 1 aliphatic heterocycles. The molecule has 0 spiro atoms. The number of halogens is 1. The second kappa shape index (κ2) is 5.56. The van der Waals surface area contributed by atoms with Gasteiger partial charge in [-0.05, 0) is 25.0 Å². The quantitative estimate of drug-likeness (QED) is 0.856. The summed E-state index contributed by atoms with van der Waals surface area (Å²) < 4.78 is 13.5. The zero-order valence-electron chi connectivity index (χ0n) is 11.3. The first-order valence-corrected chi connectivity index (χ1v) is 6.63. The van der Waals surface area contributed by atoms with E-state index in [1.165, 1.54) is 23.2 Å². The molecule has 1 fully saturated rings. The second-order valence-corrected chi connectivity index (χ2v) is 5.15. The van der Waals surface area contributed by atoms with E-state index >= 15 is 0 Å². The molecule has 0 aromatic carbocycles. The molecular weight excluding hydrogens is 263 g/mol. The van der Waals surface area contributed by atoms with Crippen molar-refractivity contribution in [1.82, 2.24) is 9.88 Å². The van der Waals surface area contributed by atoms with E-state index < -0.39 is 23.2 Å². The van der Waals surface area contributed by atoms with Crippen molar-refractivity contribution in [3.8, 4) is 0 Å². The SMILES string of the molecule is CCCC1(C(=O)O)CCN(C(=O)c2cccnc2F)C1. The van der Waals surface area contributed by atoms with Gasteiger partial charge in [0.2, 0.25) is 5.95 Å². The number of likely N-dealkylation sites (tertiary alicyclic amines) is 1. The molecule has 0 saturated carbocycles. The normalized spacial score (nSPS) is 22.0. The average Bonchev–Trinajstić information content (AvgIpc) is 2.85. The highest BCUT2D eigenvalue weighted by Gasteiger charge is 2.45. The van der Waals surface area contributed by atoms with Crippen molar-refractivity contribution in [2.45, 2.75) is 26.2 Å². The molecule has 1 aliphatic rings. The fourth-order valence-electron chi connectivity index (χ4n) is 2.73. The highest BCUT2D eigenvalue weighted by atomic mass is 19.1. The molecule has 0 aliphatic carbocycles. The molecule has 1 atom stereocenters. The van der Waals surface area contributed by atoms with Crippen LogP contribution < -0.4 is 0 Å². The van der Waals surface area contributed by atoms with Crippen LogP contribution in [-0.2, 0) is 4.79 Å². The van der Waals surface area contributed by atoms with Gasteiger partial charge in [-0.3, -0.25) is 9.59 Å². The van der Waals surface area contributed by atoms with Crippen molar-refractivity contribution in [2.75, 3.05) is 13.1 Å². The number of pyridine rings is 1. The van der Waals surface area contributed by atoms with Crippen molar-refractivity contribution in [2.24, 2.45) is 5.41 Å². The summed E-state index contributed by atoms with van der Waals surface area (Å²) in [6.07, 6.45) is 2.93. The molecule has 1 N–H and O–H groups in total. The number of aromatic nitrogens is 1. The number of rotatable bonds is 4. The highest BCUT2D eigenvalue weighted by Crippen LogP contribution is 2.36. The van der Waals surface area contributed by atoms with Gasteiger partial charge in [0.1, 0.15) is 0 Å². The van der Waals surface area contributed by atoms with Crippen LogP contribution in [0.1, 0.15) is 36.5 Å². The number of aliphatic carboxylic acids is 1. The maximum atomic E-state index is 13.5. The van der Waals surface area contributed by atoms with Gasteiger partial charge in [-0.1, -0.05) is 13.3 Å². The monoisotopic (exact) mass is 280 g/mol. The predicted molar refractivity (Wildman–Crippen MR) is 69.7 cm³/mol. The molecule has 6 heteroatoms. The Morgan fingerprint density at radius 2 is 2.30 bits per heavy atom. The maximum absolute atomic E-state index is 13.5. The summed E-state index contributed by atoms with van der Waals surface area (Å²) in [5, 5.41) is 9.40. The third kappa shape index (κ3) is 2.50. The van der Waals surface area contributed by atoms with Gasteiger partial charge in [0.25, 0.3) is 5.91 Å². The smallest absolute Gasteiger partial charge is 0.311 e. The summed E-state index contributed by atoms with van der Waals surface area (Å²) in [7, 11) is 0. The van der Waals surface area contributed by atoms with Crippen molar-refractivity contribution in [3.63, 3.8) is 0 Å². The zero-order chi connectivity index (χ0) is 14.8. The van der Waals surface area contributed by atoms with Gasteiger partial charge in [0.05, 0.1) is 11.0 Å². The first-order chi connectivity index (χ1) is 9.50. The van der Waals surface area contributed by atoms with Crippen LogP contribution >= 0.6 is 0 Å². The Kier molecular flexibility index (Phi) is 4.01. The van der Waals surface area contributed by atoms with Crippen molar-refractivity contribution >= 4 is 11.9 Å². The molecule has 0 bridgehead atoms. The van der Waals surface area contributed by atoms with Gasteiger partial charge >= 0.3 is 5.97 Å². The molecule has 1 aromatic heterocycles. The molecule has 1 unspecified atom stereocenters. The molecule has 108 valence electrons. The molecular formula is C14H17FN2O3. The van der Waals surface area contributed by atoms with Gasteiger partial charge in [-0.15, -0.1) is 0 Å². The van der Waals surface area contributed by atoms with Crippen LogP contribution in [0.2, 0.25) is 0 Å². The standard InChI is InChI=1S/C14H17FN2O3/c1-2-5-14(13(19)20)6-8-17(9-14)12(18)10-4-3-7-16-11(10)15/h3-4,7H,2,5-6,8-9H2,1H3,(H,19,20). The van der Waals surface area contributed by atoms with Crippen LogP contribution in [0.25, 0.3) is 0 Å². The van der Waals surface area contributed by atoms with Gasteiger partial charge in [-0.2, -0.15) is 4.39 Å². The third-order valence-corrected chi connectivity index (χ3v) is 3.81. The number of amides is 1. The number of carboxylic acid groups (broad SMARTS) is 1. The molecule has 0 radical (unpaired) electrons. The first kappa shape index (κ1) is 14.4. The Morgan fingerprint density at radius 1 is 1.55 bits per heavy atom. The van der Waals surface area contributed by atoms with Crippen LogP contribution in [0.15, 0.2) is 18.3 Å². The average molecular weight is 280 g/mol. The van der Waals surface area contributed by atoms with Crippen LogP contribution in [0, 0.1) is 11.4 Å². The van der Waals surface area contributed by atoms with Gasteiger partial charge in [-0.25, -0.2) is 4.98 Å². The minimum atomic E-state index is -0.900. The fourth-order valence-corrected chi connectivity index (χ4v) is 2.73. The number of nitrogens with zero attached hydrogens (tertiary/aromatic N) is 2. The first-order valence-electron chi connectivity index (χ1n) is 6.63. The number of carboxylic acids is 1. The lowest BCUT2D eigenvalue weighted by atomic mass is 9.83. The topological polar surface area (TPSA) is 70.5 Å². The molecule has 1 aromatic rings. The summed E-state index contributed by atoms with van der Waals surface area (Å²) in [4.78, 5) is 28.6. The summed E-state index contributed by atoms with van der Waals surface area (Å²) >= 11 is 0. The van der Waals surface area contributed by atoms with E-state index in [9.17, 15) is 19.1 Å². The minimum Gasteiger partial charge on any atom is -0.481 e. The van der Waals surface area contributed by atoms with E-state index in [1.807, 2.05) is 6.92 Å². The molecule has 2 rings (SSSR count). The highest BCUT2D eigenvalue weighted by molar-refractivity contribution is 5.95. The summed E-state index contributed by atoms with van der Waals surface area (Å²) in [5.74, 6) is -2.20. The van der Waals surface area contributed by atoms with E-state index in [1.54, 1.807) is 0 Å². The lowest BCUT2D eigenvalue weighted by Crippen LogP contribution is -2.37. The Labute approximate surface area is 116 Å². The van der Waals surface area contributed by atoms with Crippen molar-refractivity contribution in [1.29, 1.82) is 0 Å². The molecule has 20 heavy (non-hydrogen) atoms. The Morgan fingerprint density at radius 3 is 2.90 bits per heavy atom. The second-order valence-electron chi connectivity index (χ2n) is 5.15. The zero-order valence-corrected chi connectivity index (χ0v) is 11.3. The van der Waals surface area contributed by atoms with Crippen LogP contribution in [0.4, 0.5) is 4.39 Å². The predicted octanol–water partition coefficient (Wildman–Crippen LogP) is 1.94. The van der Waals surface area contributed by atoms with E-state index in [4.69, 9.17) is 0 Å². The minimum absolute atomic E-state index is 0.106. The lowest BCUT2D eigenvalue weighted by molar-refractivity contribution is -0.148. The summed E-state index contributed by atoms with van der Waals surface area (Å²) in [6, 6.07) is 2.86. The molecule has 1 amide bonds. The Balaban J connectivity index is 2.19. The maximum Gasteiger partial charge on any atom is 0.311 e. The van der Waals surface area contributed by atoms with Gasteiger partial charge in [0, 0.05) is 19.3 Å². The third-order valence-electron chi connectivity index (χ3n) is 3.81. The Hall–Kier alpha value is -1.98. The van der Waals surface area contributed by atoms with Crippen LogP contribution in [-0.4, -0.2) is 40.0 Å². The number of hydrogen-bond donors (Lipinski definition) is 1. The van der Waals surface area contributed by atoms with Crippen molar-refractivity contribution in [3.05, 3.63) is 29.8 Å². The molecule has 2 heterocycles. The van der Waals surface area contributed by atoms with E-state index in [2.05, 4.69) is 4.98 Å². The van der Waals surface area contributed by atoms with Gasteiger partial charge in [0.15, 0.2) is 0 Å². The molecule has 5 nitrogen and oxygen atoms in total. The summed E-state index contributed by atoms with van der Waals surface area (Å²) in [6.45, 7) is 2.37. The fraction of sp³-hybridized carbons (Fsp3) is 0.500. The van der Waals surface area contributed by atoms with E-state index in [0.29, 0.717) is 19.4 Å².